The highest BCUT2D eigenvalue weighted by atomic mass is 32.3. The van der Waals surface area contributed by atoms with Gasteiger partial charge >= 0.3 is 10.4 Å². The standard InChI is InChI=1S/C11H23NS.H2O4S/c13-10-9-12-8-4-7-11-5-2-1-3-6-11;1-5(2,3)4/h11-13H,1-10H2;(H2,1,2,3,4). The Hall–Kier alpha value is 0.180. The Morgan fingerprint density at radius 3 is 2.17 bits per heavy atom. The normalized spacial score (nSPS) is 17.1. The molecule has 0 aromatic rings. The van der Waals surface area contributed by atoms with Crippen molar-refractivity contribution in [3.8, 4) is 0 Å². The molecule has 5 nitrogen and oxygen atoms in total. The van der Waals surface area contributed by atoms with Crippen LogP contribution in [0.4, 0.5) is 0 Å². The first kappa shape index (κ1) is 18.2. The summed E-state index contributed by atoms with van der Waals surface area (Å²) in [5, 5.41) is 3.40. The summed E-state index contributed by atoms with van der Waals surface area (Å²) in [4.78, 5) is 0. The highest BCUT2D eigenvalue weighted by Gasteiger charge is 2.12. The van der Waals surface area contributed by atoms with Gasteiger partial charge in [-0.15, -0.1) is 0 Å². The van der Waals surface area contributed by atoms with E-state index in [9.17, 15) is 0 Å². The van der Waals surface area contributed by atoms with E-state index in [0.29, 0.717) is 0 Å². The average molecular weight is 299 g/mol. The van der Waals surface area contributed by atoms with Gasteiger partial charge in [-0.3, -0.25) is 9.11 Å². The zero-order valence-corrected chi connectivity index (χ0v) is 12.4. The van der Waals surface area contributed by atoms with Gasteiger partial charge < -0.3 is 5.32 Å². The smallest absolute Gasteiger partial charge is 0.316 e. The highest BCUT2D eigenvalue weighted by molar-refractivity contribution is 7.80. The molecule has 0 bridgehead atoms. The molecule has 0 aromatic heterocycles. The molecule has 0 radical (unpaired) electrons. The molecule has 110 valence electrons. The first-order chi connectivity index (χ1) is 8.43. The Morgan fingerprint density at radius 2 is 1.67 bits per heavy atom. The third-order valence-corrected chi connectivity index (χ3v) is 3.20. The van der Waals surface area contributed by atoms with Gasteiger partial charge in [0.2, 0.25) is 0 Å². The summed E-state index contributed by atoms with van der Waals surface area (Å²) in [6.45, 7) is 2.25. The summed E-state index contributed by atoms with van der Waals surface area (Å²) in [6.07, 6.45) is 10.2. The van der Waals surface area contributed by atoms with Crippen molar-refractivity contribution < 1.29 is 17.5 Å². The van der Waals surface area contributed by atoms with Gasteiger partial charge in [-0.05, 0) is 25.3 Å². The monoisotopic (exact) mass is 299 g/mol. The van der Waals surface area contributed by atoms with E-state index in [1.807, 2.05) is 0 Å². The molecule has 1 fully saturated rings. The van der Waals surface area contributed by atoms with Crippen molar-refractivity contribution in [3.05, 3.63) is 0 Å². The van der Waals surface area contributed by atoms with Crippen LogP contribution >= 0.6 is 12.6 Å². The van der Waals surface area contributed by atoms with Crippen molar-refractivity contribution in [2.45, 2.75) is 44.9 Å². The van der Waals surface area contributed by atoms with E-state index in [2.05, 4.69) is 17.9 Å². The molecule has 0 aliphatic heterocycles. The van der Waals surface area contributed by atoms with Gasteiger partial charge in [-0.25, -0.2) is 0 Å². The molecule has 1 rings (SSSR count). The van der Waals surface area contributed by atoms with Gasteiger partial charge in [0.1, 0.15) is 0 Å². The van der Waals surface area contributed by atoms with Crippen LogP contribution in [0.15, 0.2) is 0 Å². The van der Waals surface area contributed by atoms with Gasteiger partial charge in [-0.2, -0.15) is 21.0 Å². The summed E-state index contributed by atoms with van der Waals surface area (Å²) in [7, 11) is -4.67. The van der Waals surface area contributed by atoms with Gasteiger partial charge in [0, 0.05) is 12.3 Å². The highest BCUT2D eigenvalue weighted by Crippen LogP contribution is 2.26. The largest absolute Gasteiger partial charge is 0.394 e. The second kappa shape index (κ2) is 11.0. The van der Waals surface area contributed by atoms with Crippen molar-refractivity contribution in [1.82, 2.24) is 5.32 Å². The molecule has 0 amide bonds. The van der Waals surface area contributed by atoms with E-state index in [-0.39, 0.29) is 0 Å². The Bertz CT molecular complexity index is 269. The van der Waals surface area contributed by atoms with E-state index in [0.717, 1.165) is 18.2 Å². The zero-order valence-electron chi connectivity index (χ0n) is 10.7. The van der Waals surface area contributed by atoms with Crippen LogP contribution in [-0.2, 0) is 10.4 Å². The molecular weight excluding hydrogens is 274 g/mol. The fourth-order valence-corrected chi connectivity index (χ4v) is 2.35. The fourth-order valence-electron chi connectivity index (χ4n) is 2.20. The predicted molar refractivity (Wildman–Crippen MR) is 76.7 cm³/mol. The maximum atomic E-state index is 8.74. The molecule has 0 heterocycles. The van der Waals surface area contributed by atoms with E-state index in [4.69, 9.17) is 17.5 Å². The minimum absolute atomic E-state index is 0.962. The number of hydrogen-bond donors (Lipinski definition) is 4. The van der Waals surface area contributed by atoms with Crippen LogP contribution in [0.25, 0.3) is 0 Å². The molecule has 1 aliphatic carbocycles. The lowest BCUT2D eigenvalue weighted by molar-refractivity contribution is 0.331. The Balaban J connectivity index is 0.000000494. The molecular formula is C11H25NO4S2. The summed E-state index contributed by atoms with van der Waals surface area (Å²) in [5.74, 6) is 2.01. The van der Waals surface area contributed by atoms with Crippen LogP contribution in [0.5, 0.6) is 0 Å². The first-order valence-corrected chi connectivity index (χ1v) is 8.48. The SMILES string of the molecule is O=S(=O)(O)O.SCCNCCCC1CCCCC1. The topological polar surface area (TPSA) is 86.6 Å². The molecule has 1 aliphatic rings. The van der Waals surface area contributed by atoms with Crippen LogP contribution in [-0.4, -0.2) is 36.4 Å². The summed E-state index contributed by atoms with van der Waals surface area (Å²) in [6, 6.07) is 0. The van der Waals surface area contributed by atoms with Gasteiger partial charge in [0.05, 0.1) is 0 Å². The minimum Gasteiger partial charge on any atom is -0.316 e. The number of thiol groups is 1. The maximum absolute atomic E-state index is 8.74. The van der Waals surface area contributed by atoms with Crippen molar-refractivity contribution in [2.24, 2.45) is 5.92 Å². The molecule has 0 unspecified atom stereocenters. The van der Waals surface area contributed by atoms with Crippen molar-refractivity contribution in [3.63, 3.8) is 0 Å². The van der Waals surface area contributed by atoms with Gasteiger partial charge in [-0.1, -0.05) is 32.1 Å². The molecule has 18 heavy (non-hydrogen) atoms. The van der Waals surface area contributed by atoms with Gasteiger partial charge in [0.25, 0.3) is 0 Å². The van der Waals surface area contributed by atoms with Crippen LogP contribution in [0.2, 0.25) is 0 Å². The second-order valence-electron chi connectivity index (χ2n) is 4.57. The van der Waals surface area contributed by atoms with Crippen LogP contribution in [0.3, 0.4) is 0 Å². The third-order valence-electron chi connectivity index (χ3n) is 2.98. The van der Waals surface area contributed by atoms with Crippen molar-refractivity contribution in [2.75, 3.05) is 18.8 Å². The van der Waals surface area contributed by atoms with Crippen LogP contribution < -0.4 is 5.32 Å². The van der Waals surface area contributed by atoms with Crippen LogP contribution in [0, 0.1) is 5.92 Å². The maximum Gasteiger partial charge on any atom is 0.394 e. The minimum atomic E-state index is -4.67. The molecule has 1 saturated carbocycles. The van der Waals surface area contributed by atoms with Crippen molar-refractivity contribution >= 4 is 23.0 Å². The molecule has 0 spiro atoms. The second-order valence-corrected chi connectivity index (χ2v) is 5.91. The Morgan fingerprint density at radius 1 is 1.11 bits per heavy atom. The lowest BCUT2D eigenvalue weighted by Crippen LogP contribution is -2.18. The van der Waals surface area contributed by atoms with E-state index < -0.39 is 10.4 Å². The number of hydrogen-bond acceptors (Lipinski definition) is 4. The van der Waals surface area contributed by atoms with E-state index >= 15 is 0 Å². The van der Waals surface area contributed by atoms with Crippen LogP contribution in [0.1, 0.15) is 44.9 Å². The molecule has 3 N–H and O–H groups in total. The molecule has 7 heteroatoms. The lowest BCUT2D eigenvalue weighted by atomic mass is 9.86. The van der Waals surface area contributed by atoms with E-state index in [1.165, 1.54) is 51.5 Å². The predicted octanol–water partition coefficient (Wildman–Crippen LogP) is 2.21. The summed E-state index contributed by atoms with van der Waals surface area (Å²) >= 11 is 4.16. The molecule has 0 saturated heterocycles. The number of nitrogens with one attached hydrogen (secondary N) is 1. The summed E-state index contributed by atoms with van der Waals surface area (Å²) < 4.78 is 31.6. The molecule has 0 aromatic carbocycles. The third kappa shape index (κ3) is 16.2. The van der Waals surface area contributed by atoms with E-state index in [1.54, 1.807) is 0 Å². The lowest BCUT2D eigenvalue weighted by Gasteiger charge is -2.21. The Labute approximate surface area is 116 Å². The zero-order chi connectivity index (χ0) is 13.9. The quantitative estimate of drug-likeness (QED) is 0.343. The van der Waals surface area contributed by atoms with Gasteiger partial charge in [0.15, 0.2) is 0 Å². The summed E-state index contributed by atoms with van der Waals surface area (Å²) in [5.41, 5.74) is 0. The average Bonchev–Trinajstić information content (AvgIpc) is 2.28. The van der Waals surface area contributed by atoms with Crippen molar-refractivity contribution in [1.29, 1.82) is 0 Å². The number of rotatable bonds is 6. The first-order valence-electron chi connectivity index (χ1n) is 6.45. The fraction of sp³-hybridized carbons (Fsp3) is 1.00. The molecule has 0 atom stereocenters. The Kier molecular flexibility index (Phi) is 11.2.